The quantitative estimate of drug-likeness (QED) is 0.608. The van der Waals surface area contributed by atoms with Crippen molar-refractivity contribution in [3.05, 3.63) is 0 Å². The Hall–Kier alpha value is -1.83. The summed E-state index contributed by atoms with van der Waals surface area (Å²) >= 11 is 0. The third-order valence-corrected chi connectivity index (χ3v) is 3.16. The number of hydrogen-bond acceptors (Lipinski definition) is 4. The third kappa shape index (κ3) is 4.40. The van der Waals surface area contributed by atoms with Crippen LogP contribution in [0.25, 0.3) is 0 Å². The summed E-state index contributed by atoms with van der Waals surface area (Å²) in [5, 5.41) is 19.7. The minimum absolute atomic E-state index is 0.244. The van der Waals surface area contributed by atoms with Gasteiger partial charge in [-0.2, -0.15) is 0 Å². The first-order valence-corrected chi connectivity index (χ1v) is 5.97. The molecule has 3 N–H and O–H groups in total. The standard InChI is InChI=1S/C11H19N3O5/c1-13(2)7-3-4-14(6-7)11(19)12-8(10(17)18)5-9(15)16/h7-8H,3-6H2,1-2H3,(H,12,19)(H,15,16)(H,17,18)/t7?,8-/m0/s1. The van der Waals surface area contributed by atoms with E-state index in [9.17, 15) is 14.4 Å². The zero-order valence-corrected chi connectivity index (χ0v) is 11.0. The van der Waals surface area contributed by atoms with Crippen molar-refractivity contribution >= 4 is 18.0 Å². The summed E-state index contributed by atoms with van der Waals surface area (Å²) in [4.78, 5) is 36.7. The molecule has 0 spiro atoms. The maximum atomic E-state index is 11.8. The lowest BCUT2D eigenvalue weighted by Crippen LogP contribution is -2.48. The average molecular weight is 273 g/mol. The highest BCUT2D eigenvalue weighted by Crippen LogP contribution is 2.13. The molecule has 1 aliphatic rings. The van der Waals surface area contributed by atoms with Crippen molar-refractivity contribution in [1.82, 2.24) is 15.1 Å². The number of hydrogen-bond donors (Lipinski definition) is 3. The number of likely N-dealkylation sites (tertiary alicyclic amines) is 1. The largest absolute Gasteiger partial charge is 0.481 e. The van der Waals surface area contributed by atoms with Crippen LogP contribution < -0.4 is 5.32 Å². The molecule has 0 aromatic carbocycles. The van der Waals surface area contributed by atoms with Crippen LogP contribution in [-0.4, -0.2) is 77.3 Å². The van der Waals surface area contributed by atoms with Crippen LogP contribution in [0.2, 0.25) is 0 Å². The molecule has 0 saturated carbocycles. The summed E-state index contributed by atoms with van der Waals surface area (Å²) in [7, 11) is 3.83. The van der Waals surface area contributed by atoms with E-state index in [1.54, 1.807) is 0 Å². The van der Waals surface area contributed by atoms with Gasteiger partial charge in [0.1, 0.15) is 6.04 Å². The Labute approximate surface area is 111 Å². The van der Waals surface area contributed by atoms with Gasteiger partial charge in [0.15, 0.2) is 0 Å². The molecule has 0 radical (unpaired) electrons. The first-order valence-electron chi connectivity index (χ1n) is 5.97. The fourth-order valence-electron chi connectivity index (χ4n) is 1.96. The molecular formula is C11H19N3O5. The van der Waals surface area contributed by atoms with Crippen molar-refractivity contribution in [2.45, 2.75) is 24.9 Å². The second-order valence-corrected chi connectivity index (χ2v) is 4.79. The first-order chi connectivity index (χ1) is 8.81. The number of carbonyl (C=O) groups is 3. The van der Waals surface area contributed by atoms with Gasteiger partial charge in [-0.3, -0.25) is 4.79 Å². The molecule has 1 saturated heterocycles. The number of nitrogens with zero attached hydrogens (tertiary/aromatic N) is 2. The van der Waals surface area contributed by atoms with E-state index in [1.165, 1.54) is 4.90 Å². The number of carbonyl (C=O) groups excluding carboxylic acids is 1. The lowest BCUT2D eigenvalue weighted by Gasteiger charge is -2.22. The van der Waals surface area contributed by atoms with Crippen molar-refractivity contribution in [2.24, 2.45) is 0 Å². The summed E-state index contributed by atoms with van der Waals surface area (Å²) in [6.07, 6.45) is 0.184. The Morgan fingerprint density at radius 1 is 1.37 bits per heavy atom. The van der Waals surface area contributed by atoms with Gasteiger partial charge in [0.2, 0.25) is 0 Å². The Morgan fingerprint density at radius 2 is 2.00 bits per heavy atom. The van der Waals surface area contributed by atoms with Gasteiger partial charge in [0, 0.05) is 19.1 Å². The number of carboxylic acids is 2. The number of urea groups is 1. The van der Waals surface area contributed by atoms with E-state index in [0.29, 0.717) is 13.1 Å². The first kappa shape index (κ1) is 15.2. The molecule has 0 bridgehead atoms. The van der Waals surface area contributed by atoms with Gasteiger partial charge in [-0.25, -0.2) is 9.59 Å². The summed E-state index contributed by atoms with van der Waals surface area (Å²) in [5.41, 5.74) is 0. The van der Waals surface area contributed by atoms with E-state index in [-0.39, 0.29) is 6.04 Å². The molecule has 1 fully saturated rings. The Balaban J connectivity index is 2.54. The Morgan fingerprint density at radius 3 is 2.42 bits per heavy atom. The SMILES string of the molecule is CN(C)C1CCN(C(=O)N[C@@H](CC(=O)O)C(=O)O)C1. The summed E-state index contributed by atoms with van der Waals surface area (Å²) < 4.78 is 0. The highest BCUT2D eigenvalue weighted by Gasteiger charge is 2.30. The topological polar surface area (TPSA) is 110 Å². The van der Waals surface area contributed by atoms with Crippen LogP contribution in [0.15, 0.2) is 0 Å². The van der Waals surface area contributed by atoms with Crippen LogP contribution in [0.3, 0.4) is 0 Å². The van der Waals surface area contributed by atoms with Crippen molar-refractivity contribution in [1.29, 1.82) is 0 Å². The normalized spacial score (nSPS) is 20.4. The molecule has 2 amide bonds. The van der Waals surface area contributed by atoms with Crippen LogP contribution in [0, 0.1) is 0 Å². The molecule has 1 rings (SSSR count). The van der Waals surface area contributed by atoms with Crippen molar-refractivity contribution in [2.75, 3.05) is 27.2 Å². The zero-order valence-electron chi connectivity index (χ0n) is 11.0. The highest BCUT2D eigenvalue weighted by molar-refractivity contribution is 5.86. The minimum atomic E-state index is -1.40. The number of amides is 2. The Kier molecular flexibility index (Phi) is 5.11. The van der Waals surface area contributed by atoms with Crippen molar-refractivity contribution in [3.63, 3.8) is 0 Å². The van der Waals surface area contributed by atoms with Gasteiger partial charge in [-0.15, -0.1) is 0 Å². The predicted octanol–water partition coefficient (Wildman–Crippen LogP) is -0.740. The monoisotopic (exact) mass is 273 g/mol. The lowest BCUT2D eigenvalue weighted by molar-refractivity contribution is -0.145. The molecule has 1 aliphatic heterocycles. The third-order valence-electron chi connectivity index (χ3n) is 3.16. The second-order valence-electron chi connectivity index (χ2n) is 4.79. The lowest BCUT2D eigenvalue weighted by atomic mass is 10.2. The number of rotatable bonds is 5. The smallest absolute Gasteiger partial charge is 0.326 e. The Bertz CT molecular complexity index is 371. The van der Waals surface area contributed by atoms with Gasteiger partial charge in [0.25, 0.3) is 0 Å². The zero-order chi connectivity index (χ0) is 14.6. The van der Waals surface area contributed by atoms with Gasteiger partial charge in [0.05, 0.1) is 6.42 Å². The van der Waals surface area contributed by atoms with Crippen LogP contribution in [0.4, 0.5) is 4.79 Å². The number of carboxylic acid groups (broad SMARTS) is 2. The highest BCUT2D eigenvalue weighted by atomic mass is 16.4. The maximum Gasteiger partial charge on any atom is 0.326 e. The molecule has 2 atom stereocenters. The van der Waals surface area contributed by atoms with Crippen LogP contribution in [-0.2, 0) is 9.59 Å². The number of likely N-dealkylation sites (N-methyl/N-ethyl adjacent to an activating group) is 1. The average Bonchev–Trinajstić information content (AvgIpc) is 2.76. The van der Waals surface area contributed by atoms with Crippen LogP contribution in [0.5, 0.6) is 0 Å². The fourth-order valence-corrected chi connectivity index (χ4v) is 1.96. The summed E-state index contributed by atoms with van der Waals surface area (Å²) in [5.74, 6) is -2.61. The minimum Gasteiger partial charge on any atom is -0.481 e. The molecule has 0 aromatic rings. The van der Waals surface area contributed by atoms with E-state index in [0.717, 1.165) is 6.42 Å². The molecule has 1 unspecified atom stereocenters. The molecule has 0 aromatic heterocycles. The summed E-state index contributed by atoms with van der Waals surface area (Å²) in [6, 6.07) is -1.69. The number of nitrogens with one attached hydrogen (secondary N) is 1. The molecule has 108 valence electrons. The molecule has 1 heterocycles. The van der Waals surface area contributed by atoms with E-state index in [2.05, 4.69) is 5.32 Å². The van der Waals surface area contributed by atoms with E-state index in [1.807, 2.05) is 19.0 Å². The molecule has 8 heteroatoms. The van der Waals surface area contributed by atoms with Gasteiger partial charge < -0.3 is 25.3 Å². The van der Waals surface area contributed by atoms with E-state index >= 15 is 0 Å². The van der Waals surface area contributed by atoms with Gasteiger partial charge >= 0.3 is 18.0 Å². The van der Waals surface area contributed by atoms with Gasteiger partial charge in [-0.1, -0.05) is 0 Å². The van der Waals surface area contributed by atoms with E-state index in [4.69, 9.17) is 10.2 Å². The predicted molar refractivity (Wildman–Crippen MR) is 65.9 cm³/mol. The number of aliphatic carboxylic acids is 2. The van der Waals surface area contributed by atoms with Crippen LogP contribution >= 0.6 is 0 Å². The van der Waals surface area contributed by atoms with E-state index < -0.39 is 30.4 Å². The molecule has 8 nitrogen and oxygen atoms in total. The molecular weight excluding hydrogens is 254 g/mol. The van der Waals surface area contributed by atoms with Gasteiger partial charge in [-0.05, 0) is 20.5 Å². The van der Waals surface area contributed by atoms with Crippen molar-refractivity contribution < 1.29 is 24.6 Å². The molecule has 0 aliphatic carbocycles. The maximum absolute atomic E-state index is 11.8. The fraction of sp³-hybridized carbons (Fsp3) is 0.727. The summed E-state index contributed by atoms with van der Waals surface area (Å²) in [6.45, 7) is 1.05. The second kappa shape index (κ2) is 6.37. The molecule has 19 heavy (non-hydrogen) atoms. The van der Waals surface area contributed by atoms with Crippen molar-refractivity contribution in [3.8, 4) is 0 Å². The van der Waals surface area contributed by atoms with Crippen LogP contribution in [0.1, 0.15) is 12.8 Å².